The Bertz CT molecular complexity index is 653. The van der Waals surface area contributed by atoms with E-state index in [-0.39, 0.29) is 35.6 Å². The third kappa shape index (κ3) is 2.43. The van der Waals surface area contributed by atoms with Gasteiger partial charge in [-0.2, -0.15) is 0 Å². The van der Waals surface area contributed by atoms with Gasteiger partial charge in [-0.25, -0.2) is 0 Å². The molecular formula is C21H30O5. The van der Waals surface area contributed by atoms with Crippen molar-refractivity contribution in [2.75, 3.05) is 7.11 Å². The van der Waals surface area contributed by atoms with Gasteiger partial charge in [-0.05, 0) is 43.9 Å². The van der Waals surface area contributed by atoms with Crippen LogP contribution in [-0.4, -0.2) is 36.4 Å². The van der Waals surface area contributed by atoms with Gasteiger partial charge in [-0.15, -0.1) is 0 Å². The Morgan fingerprint density at radius 1 is 1.42 bits per heavy atom. The average molecular weight is 362 g/mol. The van der Waals surface area contributed by atoms with E-state index < -0.39 is 17.3 Å². The van der Waals surface area contributed by atoms with Gasteiger partial charge in [0.25, 0.3) is 0 Å². The number of carboxylic acid groups (broad SMARTS) is 1. The number of Topliss-reactive ketones (excluding diaryl/α,β-unsaturated/α-hetero) is 1. The second-order valence-corrected chi connectivity index (χ2v) is 8.82. The van der Waals surface area contributed by atoms with Crippen LogP contribution in [0.1, 0.15) is 52.9 Å². The van der Waals surface area contributed by atoms with Crippen molar-refractivity contribution in [1.82, 2.24) is 0 Å². The van der Waals surface area contributed by atoms with Gasteiger partial charge in [-0.3, -0.25) is 9.59 Å². The molecule has 2 fully saturated rings. The molecule has 1 N–H and O–H groups in total. The first-order valence-corrected chi connectivity index (χ1v) is 9.64. The van der Waals surface area contributed by atoms with Crippen LogP contribution in [0.4, 0.5) is 0 Å². The highest BCUT2D eigenvalue weighted by molar-refractivity contribution is 6.01. The summed E-state index contributed by atoms with van der Waals surface area (Å²) in [4.78, 5) is 37.3. The van der Waals surface area contributed by atoms with Crippen molar-refractivity contribution in [3.8, 4) is 0 Å². The zero-order valence-electron chi connectivity index (χ0n) is 16.2. The number of hydrogen-bond donors (Lipinski definition) is 1. The van der Waals surface area contributed by atoms with E-state index >= 15 is 0 Å². The summed E-state index contributed by atoms with van der Waals surface area (Å²) in [6.07, 6.45) is 5.54. The number of allylic oxidation sites excluding steroid dienone is 2. The molecule has 144 valence electrons. The highest BCUT2D eigenvalue weighted by Crippen LogP contribution is 2.65. The van der Waals surface area contributed by atoms with Crippen molar-refractivity contribution in [2.45, 2.75) is 59.0 Å². The van der Waals surface area contributed by atoms with Gasteiger partial charge in [0.1, 0.15) is 12.1 Å². The second kappa shape index (κ2) is 6.59. The number of carboxylic acids is 1. The molecule has 0 heterocycles. The van der Waals surface area contributed by atoms with Crippen LogP contribution in [0.3, 0.4) is 0 Å². The van der Waals surface area contributed by atoms with Gasteiger partial charge in [0, 0.05) is 24.9 Å². The molecule has 0 aromatic heterocycles. The number of aldehydes is 1. The van der Waals surface area contributed by atoms with Gasteiger partial charge >= 0.3 is 5.97 Å². The van der Waals surface area contributed by atoms with Crippen LogP contribution in [0.5, 0.6) is 0 Å². The number of methoxy groups -OCH3 is 1. The first kappa shape index (κ1) is 19.3. The van der Waals surface area contributed by atoms with Gasteiger partial charge in [0.05, 0.1) is 17.9 Å². The van der Waals surface area contributed by atoms with Crippen LogP contribution >= 0.6 is 0 Å². The van der Waals surface area contributed by atoms with Crippen LogP contribution in [0, 0.1) is 34.5 Å². The molecule has 0 aromatic rings. The van der Waals surface area contributed by atoms with Crippen LogP contribution in [0.2, 0.25) is 0 Å². The van der Waals surface area contributed by atoms with E-state index in [2.05, 4.69) is 13.8 Å². The highest BCUT2D eigenvalue weighted by atomic mass is 16.5. The molecule has 3 rings (SSSR count). The van der Waals surface area contributed by atoms with E-state index in [0.29, 0.717) is 18.8 Å². The Morgan fingerprint density at radius 2 is 2.12 bits per heavy atom. The molecule has 0 aliphatic heterocycles. The van der Waals surface area contributed by atoms with Crippen LogP contribution < -0.4 is 0 Å². The van der Waals surface area contributed by atoms with E-state index in [0.717, 1.165) is 24.7 Å². The number of ether oxygens (including phenoxy) is 1. The van der Waals surface area contributed by atoms with Gasteiger partial charge < -0.3 is 14.6 Å². The first-order valence-electron chi connectivity index (χ1n) is 9.64. The molecule has 5 heteroatoms. The summed E-state index contributed by atoms with van der Waals surface area (Å²) in [5.41, 5.74) is -0.699. The predicted octanol–water partition coefficient (Wildman–Crippen LogP) is 3.27. The van der Waals surface area contributed by atoms with Gasteiger partial charge in [-0.1, -0.05) is 25.5 Å². The minimum Gasteiger partial charge on any atom is -0.481 e. The normalized spacial score (nSPS) is 45.3. The summed E-state index contributed by atoms with van der Waals surface area (Å²) in [5.74, 6) is -1.24. The zero-order chi connectivity index (χ0) is 19.3. The minimum absolute atomic E-state index is 0.0154. The summed E-state index contributed by atoms with van der Waals surface area (Å²) in [6, 6.07) is 0. The lowest BCUT2D eigenvalue weighted by Crippen LogP contribution is -2.65. The number of fused-ring (bicyclic) bond motifs is 3. The molecule has 3 aliphatic carbocycles. The lowest BCUT2D eigenvalue weighted by atomic mass is 9.40. The Labute approximate surface area is 155 Å². The van der Waals surface area contributed by atoms with Crippen molar-refractivity contribution in [2.24, 2.45) is 34.5 Å². The number of carbonyl (C=O) groups is 3. The summed E-state index contributed by atoms with van der Waals surface area (Å²) in [5, 5.41) is 9.43. The van der Waals surface area contributed by atoms with Gasteiger partial charge in [0.15, 0.2) is 0 Å². The highest BCUT2D eigenvalue weighted by Gasteiger charge is 2.67. The second-order valence-electron chi connectivity index (χ2n) is 8.82. The topological polar surface area (TPSA) is 80.7 Å². The summed E-state index contributed by atoms with van der Waals surface area (Å²) < 4.78 is 5.86. The number of ketones is 1. The Morgan fingerprint density at radius 3 is 2.69 bits per heavy atom. The fourth-order valence-electron chi connectivity index (χ4n) is 6.58. The molecule has 2 saturated carbocycles. The quantitative estimate of drug-likeness (QED) is 0.472. The van der Waals surface area contributed by atoms with E-state index in [1.807, 2.05) is 13.0 Å². The van der Waals surface area contributed by atoms with E-state index in [4.69, 9.17) is 4.74 Å². The van der Waals surface area contributed by atoms with Crippen LogP contribution in [0.25, 0.3) is 0 Å². The maximum atomic E-state index is 13.4. The number of aliphatic carboxylic acids is 1. The van der Waals surface area contributed by atoms with Crippen LogP contribution in [0.15, 0.2) is 11.6 Å². The standard InChI is InChI=1S/C21H30O5/c1-12-6-8-18(26-4)20(3)14(12)9-17(23)21(11-22)15(10-19(24)25)13(2)5-7-16(20)21/h5,11-12,14-16,18H,6-10H2,1-4H3,(H,24,25)/t12-,14+,15+,16?,18-,20+,21+/m1/s1. The lowest BCUT2D eigenvalue weighted by molar-refractivity contribution is -0.192. The SMILES string of the molecule is CO[C@@H]1CC[C@@H](C)[C@@H]2CC(=O)[C@]3(C=O)C(CC=C(C)[C@@H]3CC(=O)O)[C@@]12C. The molecule has 1 unspecified atom stereocenters. The Kier molecular flexibility index (Phi) is 4.89. The molecule has 5 nitrogen and oxygen atoms in total. The van der Waals surface area contributed by atoms with Crippen LogP contribution in [-0.2, 0) is 19.1 Å². The lowest BCUT2D eigenvalue weighted by Gasteiger charge is -2.63. The molecule has 3 aliphatic rings. The maximum absolute atomic E-state index is 13.4. The van der Waals surface area contributed by atoms with Crippen molar-refractivity contribution in [3.63, 3.8) is 0 Å². The van der Waals surface area contributed by atoms with Crippen molar-refractivity contribution in [3.05, 3.63) is 11.6 Å². The first-order chi connectivity index (χ1) is 12.2. The van der Waals surface area contributed by atoms with Crippen molar-refractivity contribution < 1.29 is 24.2 Å². The third-order valence-corrected chi connectivity index (χ3v) is 7.94. The summed E-state index contributed by atoms with van der Waals surface area (Å²) in [6.45, 7) is 6.21. The predicted molar refractivity (Wildman–Crippen MR) is 96.5 cm³/mol. The van der Waals surface area contributed by atoms with E-state index in [9.17, 15) is 19.5 Å². The number of carbonyl (C=O) groups excluding carboxylic acids is 2. The molecule has 7 atom stereocenters. The minimum atomic E-state index is -1.24. The third-order valence-electron chi connectivity index (χ3n) is 7.94. The largest absolute Gasteiger partial charge is 0.481 e. The van der Waals surface area contributed by atoms with Crippen molar-refractivity contribution >= 4 is 18.0 Å². The monoisotopic (exact) mass is 362 g/mol. The molecule has 0 spiro atoms. The Hall–Kier alpha value is -1.49. The maximum Gasteiger partial charge on any atom is 0.304 e. The molecule has 0 saturated heterocycles. The zero-order valence-corrected chi connectivity index (χ0v) is 16.2. The van der Waals surface area contributed by atoms with Gasteiger partial charge in [0.2, 0.25) is 0 Å². The van der Waals surface area contributed by atoms with E-state index in [1.165, 1.54) is 0 Å². The fraction of sp³-hybridized carbons (Fsp3) is 0.762. The molecule has 26 heavy (non-hydrogen) atoms. The number of hydrogen-bond acceptors (Lipinski definition) is 4. The number of rotatable bonds is 4. The molecule has 0 amide bonds. The Balaban J connectivity index is 2.18. The average Bonchev–Trinajstić information content (AvgIpc) is 2.59. The van der Waals surface area contributed by atoms with E-state index in [1.54, 1.807) is 7.11 Å². The smallest absolute Gasteiger partial charge is 0.304 e. The molecule has 0 radical (unpaired) electrons. The fourth-order valence-corrected chi connectivity index (χ4v) is 6.58. The molecule has 0 bridgehead atoms. The summed E-state index contributed by atoms with van der Waals surface area (Å²) in [7, 11) is 1.71. The molecular weight excluding hydrogens is 332 g/mol. The molecule has 0 aromatic carbocycles. The van der Waals surface area contributed by atoms with Crippen molar-refractivity contribution in [1.29, 1.82) is 0 Å². The summed E-state index contributed by atoms with van der Waals surface area (Å²) >= 11 is 0.